The highest BCUT2D eigenvalue weighted by atomic mass is 16.3. The van der Waals surface area contributed by atoms with Crippen LogP contribution in [0.5, 0.6) is 0 Å². The Kier molecular flexibility index (Phi) is 4.77. The van der Waals surface area contributed by atoms with E-state index in [-0.39, 0.29) is 0 Å². The van der Waals surface area contributed by atoms with Crippen LogP contribution in [0.15, 0.2) is 114 Å². The number of hydrogen-bond acceptors (Lipinski definition) is 3. The van der Waals surface area contributed by atoms with Gasteiger partial charge in [0.1, 0.15) is 11.5 Å². The summed E-state index contributed by atoms with van der Waals surface area (Å²) in [6, 6.07) is 36.3. The van der Waals surface area contributed by atoms with Gasteiger partial charge in [0.25, 0.3) is 0 Å². The summed E-state index contributed by atoms with van der Waals surface area (Å²) in [6.45, 7) is 0. The van der Waals surface area contributed by atoms with E-state index in [0.717, 1.165) is 56.3 Å². The van der Waals surface area contributed by atoms with Gasteiger partial charge in [-0.25, -0.2) is 0 Å². The molecule has 3 heteroatoms. The first-order valence-electron chi connectivity index (χ1n) is 10.2. The van der Waals surface area contributed by atoms with Gasteiger partial charge in [-0.1, -0.05) is 60.7 Å². The van der Waals surface area contributed by atoms with E-state index in [4.69, 9.17) is 15.9 Å². The fraction of sp³-hybridized carbons (Fsp3) is 0. The normalized spacial score (nSPS) is 10.8. The molecule has 0 radical (unpaired) electrons. The van der Waals surface area contributed by atoms with Crippen molar-refractivity contribution in [2.75, 3.05) is 11.5 Å². The van der Waals surface area contributed by atoms with Crippen molar-refractivity contribution in [3.8, 4) is 44.9 Å². The first-order chi connectivity index (χ1) is 15.2. The molecule has 0 spiro atoms. The molecule has 0 atom stereocenters. The molecule has 4 aromatic carbocycles. The van der Waals surface area contributed by atoms with Crippen molar-refractivity contribution in [1.82, 2.24) is 0 Å². The van der Waals surface area contributed by atoms with Gasteiger partial charge in [-0.05, 0) is 59.7 Å². The molecule has 0 fully saturated rings. The summed E-state index contributed by atoms with van der Waals surface area (Å²) >= 11 is 0. The Morgan fingerprint density at radius 2 is 0.742 bits per heavy atom. The molecule has 5 rings (SSSR count). The fourth-order valence-corrected chi connectivity index (χ4v) is 3.87. The average molecular weight is 402 g/mol. The van der Waals surface area contributed by atoms with Gasteiger partial charge in [0.15, 0.2) is 0 Å². The van der Waals surface area contributed by atoms with E-state index < -0.39 is 0 Å². The molecule has 0 aliphatic rings. The van der Waals surface area contributed by atoms with Gasteiger partial charge < -0.3 is 15.9 Å². The predicted molar refractivity (Wildman–Crippen MR) is 129 cm³/mol. The highest BCUT2D eigenvalue weighted by Crippen LogP contribution is 2.48. The SMILES string of the molecule is Nc1ccc(-c2oc(-c3ccc(N)cc3)c(-c3ccccc3)c2-c2ccccc2)cc1. The molecule has 4 N–H and O–H groups in total. The molecule has 0 aliphatic carbocycles. The van der Waals surface area contributed by atoms with E-state index in [1.165, 1.54) is 0 Å². The van der Waals surface area contributed by atoms with Gasteiger partial charge in [0.2, 0.25) is 0 Å². The Bertz CT molecular complexity index is 1200. The Morgan fingerprint density at radius 3 is 1.10 bits per heavy atom. The molecule has 1 heterocycles. The minimum absolute atomic E-state index is 0.721. The van der Waals surface area contributed by atoms with E-state index in [9.17, 15) is 0 Å². The van der Waals surface area contributed by atoms with E-state index in [2.05, 4.69) is 24.3 Å². The monoisotopic (exact) mass is 402 g/mol. The lowest BCUT2D eigenvalue weighted by Gasteiger charge is -2.08. The van der Waals surface area contributed by atoms with Crippen LogP contribution in [0.3, 0.4) is 0 Å². The Balaban J connectivity index is 1.87. The lowest BCUT2D eigenvalue weighted by molar-refractivity contribution is 0.599. The van der Waals surface area contributed by atoms with Crippen molar-refractivity contribution < 1.29 is 4.42 Å². The Hall–Kier alpha value is -4.24. The lowest BCUT2D eigenvalue weighted by atomic mass is 9.91. The van der Waals surface area contributed by atoms with Crippen LogP contribution >= 0.6 is 0 Å². The molecule has 0 aliphatic heterocycles. The molecule has 5 aromatic rings. The molecular weight excluding hydrogens is 380 g/mol. The minimum atomic E-state index is 0.721. The van der Waals surface area contributed by atoms with Crippen LogP contribution in [0.1, 0.15) is 0 Å². The Labute approximate surface area is 181 Å². The average Bonchev–Trinajstić information content (AvgIpc) is 3.22. The number of nitrogens with two attached hydrogens (primary N) is 2. The maximum Gasteiger partial charge on any atom is 0.143 e. The molecule has 31 heavy (non-hydrogen) atoms. The molecule has 0 saturated heterocycles. The second kappa shape index (κ2) is 7.88. The topological polar surface area (TPSA) is 65.2 Å². The second-order valence-electron chi connectivity index (χ2n) is 7.49. The van der Waals surface area contributed by atoms with E-state index >= 15 is 0 Å². The van der Waals surface area contributed by atoms with Gasteiger partial charge in [-0.2, -0.15) is 0 Å². The second-order valence-corrected chi connectivity index (χ2v) is 7.49. The van der Waals surface area contributed by atoms with Crippen LogP contribution in [-0.2, 0) is 0 Å². The van der Waals surface area contributed by atoms with Crippen LogP contribution in [0.4, 0.5) is 11.4 Å². The van der Waals surface area contributed by atoms with Crippen molar-refractivity contribution in [2.45, 2.75) is 0 Å². The highest BCUT2D eigenvalue weighted by molar-refractivity contribution is 5.99. The molecule has 3 nitrogen and oxygen atoms in total. The van der Waals surface area contributed by atoms with Crippen LogP contribution < -0.4 is 11.5 Å². The van der Waals surface area contributed by atoms with Crippen molar-refractivity contribution in [2.24, 2.45) is 0 Å². The van der Waals surface area contributed by atoms with Crippen LogP contribution in [0, 0.1) is 0 Å². The molecule has 1 aromatic heterocycles. The molecule has 0 amide bonds. The largest absolute Gasteiger partial charge is 0.455 e. The van der Waals surface area contributed by atoms with Crippen molar-refractivity contribution in [3.63, 3.8) is 0 Å². The molecular formula is C28H22N2O. The van der Waals surface area contributed by atoms with E-state index in [1.54, 1.807) is 0 Å². The summed E-state index contributed by atoms with van der Waals surface area (Å²) in [4.78, 5) is 0. The smallest absolute Gasteiger partial charge is 0.143 e. The van der Waals surface area contributed by atoms with E-state index in [0.29, 0.717) is 0 Å². The molecule has 0 unspecified atom stereocenters. The van der Waals surface area contributed by atoms with Gasteiger partial charge >= 0.3 is 0 Å². The molecule has 0 saturated carbocycles. The zero-order valence-corrected chi connectivity index (χ0v) is 17.0. The van der Waals surface area contributed by atoms with Crippen LogP contribution in [-0.4, -0.2) is 0 Å². The van der Waals surface area contributed by atoms with Crippen molar-refractivity contribution in [1.29, 1.82) is 0 Å². The summed E-state index contributed by atoms with van der Waals surface area (Å²) in [5, 5.41) is 0. The summed E-state index contributed by atoms with van der Waals surface area (Å²) < 4.78 is 6.62. The summed E-state index contributed by atoms with van der Waals surface area (Å²) in [5.74, 6) is 1.63. The van der Waals surface area contributed by atoms with Gasteiger partial charge in [-0.3, -0.25) is 0 Å². The number of hydrogen-bond donors (Lipinski definition) is 2. The van der Waals surface area contributed by atoms with Crippen LogP contribution in [0.25, 0.3) is 44.9 Å². The van der Waals surface area contributed by atoms with E-state index in [1.807, 2.05) is 84.9 Å². The molecule has 150 valence electrons. The lowest BCUT2D eigenvalue weighted by Crippen LogP contribution is -1.87. The van der Waals surface area contributed by atoms with Crippen molar-refractivity contribution >= 4 is 11.4 Å². The summed E-state index contributed by atoms with van der Waals surface area (Å²) in [6.07, 6.45) is 0. The third kappa shape index (κ3) is 3.58. The number of nitrogen functional groups attached to an aromatic ring is 2. The highest BCUT2D eigenvalue weighted by Gasteiger charge is 2.24. The maximum absolute atomic E-state index is 6.62. The third-order valence-corrected chi connectivity index (χ3v) is 5.38. The van der Waals surface area contributed by atoms with Crippen molar-refractivity contribution in [3.05, 3.63) is 109 Å². The van der Waals surface area contributed by atoms with Gasteiger partial charge in [-0.15, -0.1) is 0 Å². The number of anilines is 2. The first-order valence-corrected chi connectivity index (χ1v) is 10.2. The number of rotatable bonds is 4. The minimum Gasteiger partial charge on any atom is -0.455 e. The zero-order valence-electron chi connectivity index (χ0n) is 17.0. The predicted octanol–water partition coefficient (Wildman–Crippen LogP) is 7.11. The number of furan rings is 1. The summed E-state index contributed by atoms with van der Waals surface area (Å²) in [5.41, 5.74) is 19.6. The standard InChI is InChI=1S/C28H22N2O/c29-23-15-11-21(12-16-23)27-25(19-7-3-1-4-8-19)26(20-9-5-2-6-10-20)28(31-27)22-13-17-24(30)18-14-22/h1-18H,29-30H2. The first kappa shape index (κ1) is 18.8. The maximum atomic E-state index is 6.62. The molecule has 0 bridgehead atoms. The third-order valence-electron chi connectivity index (χ3n) is 5.38. The quantitative estimate of drug-likeness (QED) is 0.315. The Morgan fingerprint density at radius 1 is 0.387 bits per heavy atom. The zero-order chi connectivity index (χ0) is 21.2. The van der Waals surface area contributed by atoms with Gasteiger partial charge in [0, 0.05) is 33.6 Å². The van der Waals surface area contributed by atoms with Crippen LogP contribution in [0.2, 0.25) is 0 Å². The van der Waals surface area contributed by atoms with Gasteiger partial charge in [0.05, 0.1) is 0 Å². The number of benzene rings is 4. The summed E-state index contributed by atoms with van der Waals surface area (Å²) in [7, 11) is 0. The fourth-order valence-electron chi connectivity index (χ4n) is 3.87.